The van der Waals surface area contributed by atoms with E-state index in [2.05, 4.69) is 138 Å². The number of pyridine rings is 2. The number of allylic oxidation sites excluding steroid dienone is 2. The van der Waals surface area contributed by atoms with Crippen LogP contribution in [0.25, 0.3) is 44.1 Å². The third-order valence-corrected chi connectivity index (χ3v) is 14.8. The number of aliphatic hydroxyl groups is 1. The molecule has 70 heavy (non-hydrogen) atoms. The van der Waals surface area contributed by atoms with Crippen molar-refractivity contribution in [1.82, 2.24) is 9.97 Å². The first-order valence-electron chi connectivity index (χ1n) is 28.4. The first kappa shape index (κ1) is 50.5. The first-order chi connectivity index (χ1) is 34.6. The molecule has 5 heteroatoms. The van der Waals surface area contributed by atoms with Crippen LogP contribution in [-0.2, 0) is 35.7 Å². The second-order valence-corrected chi connectivity index (χ2v) is 22.1. The number of hydrogen-bond acceptors (Lipinski definition) is 4. The number of carbonyl (C=O) groups excluding carboxylic acids is 1. The average molecular weight is 1120 g/mol. The van der Waals surface area contributed by atoms with Gasteiger partial charge in [0.05, 0.1) is 11.2 Å². The normalized spacial score (nSPS) is 15.8. The van der Waals surface area contributed by atoms with Crippen molar-refractivity contribution >= 4 is 27.3 Å². The average Bonchev–Trinajstić information content (AvgIpc) is 3.36. The van der Waals surface area contributed by atoms with Crippen molar-refractivity contribution in [3.05, 3.63) is 142 Å². The van der Waals surface area contributed by atoms with E-state index in [1.165, 1.54) is 92.5 Å². The van der Waals surface area contributed by atoms with E-state index in [4.69, 9.17) is 5.48 Å². The van der Waals surface area contributed by atoms with Crippen LogP contribution >= 0.6 is 0 Å². The number of carbonyl (C=O) groups is 1. The van der Waals surface area contributed by atoms with Crippen molar-refractivity contribution in [2.24, 2.45) is 11.8 Å². The van der Waals surface area contributed by atoms with Crippen LogP contribution in [0.15, 0.2) is 96.9 Å². The summed E-state index contributed by atoms with van der Waals surface area (Å²) in [6.45, 7) is 25.4. The van der Waals surface area contributed by atoms with Crippen molar-refractivity contribution in [1.29, 1.82) is 0 Å². The second-order valence-electron chi connectivity index (χ2n) is 22.1. The van der Waals surface area contributed by atoms with E-state index in [0.29, 0.717) is 11.8 Å². The molecule has 0 atom stereocenters. The maximum Gasteiger partial charge on any atom is 0.162 e. The summed E-state index contributed by atoms with van der Waals surface area (Å²) in [6.07, 6.45) is 17.7. The largest absolute Gasteiger partial charge is 0.512 e. The standard InChI is InChI=1S/2C26H30N.C13H24O2.Ir/c2*1-18-14-22(17-23(15-18)26(2,3)4)25-24-11-10-20(16-21(24)12-13-27-25)19-8-6-5-7-9-19;1-5-10(6-2)12(14)9-13(15)11(7-3)8-4;/h2*10-13,15-17,19H,5-9H2,1-4H3;9-11,14H,5-8H2,1-4H3;/q2*-1;;/b;;12-9-;/i2*12D,13D;;. The van der Waals surface area contributed by atoms with Crippen LogP contribution in [0.4, 0.5) is 0 Å². The van der Waals surface area contributed by atoms with Gasteiger partial charge in [-0.3, -0.25) is 4.79 Å². The number of aromatic nitrogens is 2. The Morgan fingerprint density at radius 1 is 0.629 bits per heavy atom. The molecule has 0 unspecified atom stereocenters. The van der Waals surface area contributed by atoms with Crippen molar-refractivity contribution in [3.8, 4) is 22.5 Å². The van der Waals surface area contributed by atoms with Gasteiger partial charge in [-0.2, -0.15) is 0 Å². The Morgan fingerprint density at radius 3 is 1.37 bits per heavy atom. The van der Waals surface area contributed by atoms with E-state index < -0.39 is 0 Å². The quantitative estimate of drug-likeness (QED) is 0.0798. The molecule has 2 aliphatic carbocycles. The zero-order valence-electron chi connectivity index (χ0n) is 48.6. The van der Waals surface area contributed by atoms with Gasteiger partial charge in [0, 0.05) is 50.4 Å². The Morgan fingerprint density at radius 2 is 1.01 bits per heavy atom. The molecule has 6 aromatic rings. The van der Waals surface area contributed by atoms with Crippen molar-refractivity contribution in [2.45, 2.75) is 196 Å². The summed E-state index contributed by atoms with van der Waals surface area (Å²) in [6, 6.07) is 28.9. The van der Waals surface area contributed by atoms with Gasteiger partial charge in [-0.25, -0.2) is 0 Å². The van der Waals surface area contributed by atoms with Gasteiger partial charge < -0.3 is 15.1 Å². The van der Waals surface area contributed by atoms with E-state index >= 15 is 0 Å². The molecular weight excluding hydrogens is 1030 g/mol. The second kappa shape index (κ2) is 25.8. The monoisotopic (exact) mass is 1120 g/mol. The molecule has 377 valence electrons. The Labute approximate surface area is 443 Å². The number of aliphatic hydroxyl groups excluding tert-OH is 1. The van der Waals surface area contributed by atoms with Crippen LogP contribution in [0.5, 0.6) is 0 Å². The molecule has 0 aliphatic heterocycles. The minimum Gasteiger partial charge on any atom is -0.512 e. The van der Waals surface area contributed by atoms with Crippen LogP contribution in [-0.4, -0.2) is 20.9 Å². The fourth-order valence-electron chi connectivity index (χ4n) is 10.3. The van der Waals surface area contributed by atoms with E-state index in [-0.39, 0.29) is 78.7 Å². The van der Waals surface area contributed by atoms with Crippen molar-refractivity contribution in [2.75, 3.05) is 0 Å². The Bertz CT molecular complexity index is 2720. The van der Waals surface area contributed by atoms with Gasteiger partial charge in [0.25, 0.3) is 0 Å². The van der Waals surface area contributed by atoms with Crippen molar-refractivity contribution < 1.29 is 35.5 Å². The smallest absolute Gasteiger partial charge is 0.162 e. The number of hydrogen-bond donors (Lipinski definition) is 1. The Hall–Kier alpha value is -4.44. The number of nitrogens with zero attached hydrogens (tertiary/aromatic N) is 2. The van der Waals surface area contributed by atoms with Gasteiger partial charge in [-0.05, 0) is 130 Å². The maximum atomic E-state index is 11.7. The summed E-state index contributed by atoms with van der Waals surface area (Å²) in [4.78, 5) is 20.8. The van der Waals surface area contributed by atoms with Gasteiger partial charge in [0.1, 0.15) is 0 Å². The number of ketones is 1. The number of benzene rings is 4. The molecule has 4 nitrogen and oxygen atoms in total. The molecule has 0 saturated heterocycles. The van der Waals surface area contributed by atoms with Crippen LogP contribution in [0.3, 0.4) is 0 Å². The summed E-state index contributed by atoms with van der Waals surface area (Å²) in [5.41, 5.74) is 10.7. The predicted molar refractivity (Wildman–Crippen MR) is 294 cm³/mol. The number of fused-ring (bicyclic) bond motifs is 2. The molecule has 8 rings (SSSR count). The summed E-state index contributed by atoms with van der Waals surface area (Å²) < 4.78 is 33.6. The van der Waals surface area contributed by atoms with Crippen LogP contribution in [0, 0.1) is 37.8 Å². The number of rotatable bonds is 11. The molecule has 1 radical (unpaired) electrons. The summed E-state index contributed by atoms with van der Waals surface area (Å²) in [5, 5.41) is 13.3. The van der Waals surface area contributed by atoms with Gasteiger partial charge >= 0.3 is 0 Å². The molecule has 2 heterocycles. The SMILES string of the molecule is CCC(CC)C(=O)/C=C(\O)C(CC)CC.[2H]c1nc(-c2[c-]c(C)cc(C(C)(C)C)c2)c2ccc(C3CCCCC3)cc2c1[2H].[2H]c1nc(-c2[c-]c(C)cc(C(C)(C)C)c2)c2ccc(C3CCCCC3)cc2c1[2H].[Ir]. The van der Waals surface area contributed by atoms with Crippen LogP contribution in [0.1, 0.15) is 210 Å². The molecule has 2 saturated carbocycles. The third kappa shape index (κ3) is 14.8. The molecule has 0 amide bonds. The molecule has 0 spiro atoms. The van der Waals surface area contributed by atoms with Gasteiger partial charge in [-0.15, -0.1) is 69.8 Å². The zero-order valence-corrected chi connectivity index (χ0v) is 47.0. The Kier molecular flexibility index (Phi) is 18.6. The molecule has 0 bridgehead atoms. The Balaban J connectivity index is 0.000000216. The fraction of sp³-hybridized carbons (Fsp3) is 0.492. The first-order valence-corrected chi connectivity index (χ1v) is 26.4. The summed E-state index contributed by atoms with van der Waals surface area (Å²) in [5.74, 6) is 1.71. The van der Waals surface area contributed by atoms with E-state index in [9.17, 15) is 9.90 Å². The molecule has 2 aromatic heterocycles. The van der Waals surface area contributed by atoms with Crippen LogP contribution in [0.2, 0.25) is 0 Å². The molecule has 1 N–H and O–H groups in total. The van der Waals surface area contributed by atoms with E-state index in [0.717, 1.165) is 80.9 Å². The minimum atomic E-state index is 0. The minimum absolute atomic E-state index is 0. The van der Waals surface area contributed by atoms with Crippen molar-refractivity contribution in [3.63, 3.8) is 0 Å². The topological polar surface area (TPSA) is 63.1 Å². The van der Waals surface area contributed by atoms with Gasteiger partial charge in [-0.1, -0.05) is 158 Å². The number of aryl methyl sites for hydroxylation is 2. The molecule has 2 aliphatic rings. The van der Waals surface area contributed by atoms with Crippen LogP contribution < -0.4 is 0 Å². The maximum absolute atomic E-state index is 11.7. The zero-order chi connectivity index (χ0) is 53.4. The van der Waals surface area contributed by atoms with E-state index in [1.807, 2.05) is 27.7 Å². The third-order valence-electron chi connectivity index (χ3n) is 14.8. The molecule has 2 fully saturated rings. The summed E-state index contributed by atoms with van der Waals surface area (Å²) in [7, 11) is 0. The molecule has 4 aromatic carbocycles. The van der Waals surface area contributed by atoms with E-state index in [1.54, 1.807) is 0 Å². The fourth-order valence-corrected chi connectivity index (χ4v) is 10.3. The summed E-state index contributed by atoms with van der Waals surface area (Å²) >= 11 is 0. The molecular formula is C65H84IrN2O2-2. The van der Waals surface area contributed by atoms with Gasteiger partial charge in [0.15, 0.2) is 5.78 Å². The predicted octanol–water partition coefficient (Wildman–Crippen LogP) is 18.6. The van der Waals surface area contributed by atoms with Gasteiger partial charge in [0.2, 0.25) is 0 Å².